The van der Waals surface area contributed by atoms with Crippen molar-refractivity contribution in [2.24, 2.45) is 0 Å². The van der Waals surface area contributed by atoms with Crippen LogP contribution >= 0.6 is 15.9 Å². The minimum absolute atomic E-state index is 0.00981. The number of aromatic amines is 1. The Labute approximate surface area is 197 Å². The van der Waals surface area contributed by atoms with Crippen LogP contribution in [0.5, 0.6) is 0 Å². The van der Waals surface area contributed by atoms with Gasteiger partial charge in [0.15, 0.2) is 5.82 Å². The summed E-state index contributed by atoms with van der Waals surface area (Å²) < 4.78 is 35.5. The van der Waals surface area contributed by atoms with Crippen molar-refractivity contribution >= 4 is 33.1 Å². The number of carbonyl (C=O) groups excluding carboxylic acids is 1. The highest BCUT2D eigenvalue weighted by Crippen LogP contribution is 2.45. The Balaban J connectivity index is 1.42. The molecule has 0 radical (unpaired) electrons. The molecule has 1 atom stereocenters. The van der Waals surface area contributed by atoms with Crippen molar-refractivity contribution < 1.29 is 18.3 Å². The van der Waals surface area contributed by atoms with Crippen molar-refractivity contribution in [3.8, 4) is 0 Å². The van der Waals surface area contributed by atoms with Crippen LogP contribution in [0.3, 0.4) is 0 Å². The van der Waals surface area contributed by atoms with Gasteiger partial charge in [-0.05, 0) is 61.0 Å². The van der Waals surface area contributed by atoms with E-state index in [1.165, 1.54) is 10.6 Å². The third kappa shape index (κ3) is 3.57. The fourth-order valence-corrected chi connectivity index (χ4v) is 5.77. The maximum Gasteiger partial charge on any atom is 0.411 e. The van der Waals surface area contributed by atoms with Gasteiger partial charge in [0, 0.05) is 18.2 Å². The molecule has 1 aliphatic carbocycles. The van der Waals surface area contributed by atoms with Crippen LogP contribution in [0.1, 0.15) is 57.2 Å². The van der Waals surface area contributed by atoms with Crippen LogP contribution in [-0.2, 0) is 4.74 Å². The number of imidazole rings is 1. The number of benzene rings is 2. The summed E-state index contributed by atoms with van der Waals surface area (Å²) in [6.45, 7) is 3.84. The molecule has 1 aromatic heterocycles. The standard InChI is InChI=1S/C24H24BrF2N3O3/c1-24(2)21(13-6-4-3-5-7-13)30(23(32)33-24)15-10-8-14(9-11-15)29-17-12-16(26)18(25)19(27)20(17)28-22(29)31/h3-7,12,14-15,21H,8-11H2,1-2H3,(H,28,31). The van der Waals surface area contributed by atoms with E-state index in [0.29, 0.717) is 25.7 Å². The number of ether oxygens (including phenoxy) is 1. The highest BCUT2D eigenvalue weighted by molar-refractivity contribution is 9.10. The van der Waals surface area contributed by atoms with E-state index in [2.05, 4.69) is 20.9 Å². The van der Waals surface area contributed by atoms with Gasteiger partial charge in [-0.25, -0.2) is 18.4 Å². The van der Waals surface area contributed by atoms with Crippen LogP contribution in [-0.4, -0.2) is 32.2 Å². The normalized spacial score (nSPS) is 24.9. The molecule has 5 rings (SSSR count). The van der Waals surface area contributed by atoms with Gasteiger partial charge in [-0.15, -0.1) is 0 Å². The Morgan fingerprint density at radius 1 is 1.06 bits per heavy atom. The lowest BCUT2D eigenvalue weighted by Gasteiger charge is -2.38. The fourth-order valence-electron chi connectivity index (χ4n) is 5.46. The second-order valence-electron chi connectivity index (χ2n) is 9.33. The van der Waals surface area contributed by atoms with Gasteiger partial charge in [0.05, 0.1) is 16.0 Å². The number of aromatic nitrogens is 2. The van der Waals surface area contributed by atoms with Gasteiger partial charge >= 0.3 is 11.8 Å². The van der Waals surface area contributed by atoms with Crippen molar-refractivity contribution in [3.05, 3.63) is 68.6 Å². The monoisotopic (exact) mass is 519 g/mol. The summed E-state index contributed by atoms with van der Waals surface area (Å²) in [5, 5.41) is 0. The second-order valence-corrected chi connectivity index (χ2v) is 10.1. The number of nitrogens with zero attached hydrogens (tertiary/aromatic N) is 2. The van der Waals surface area contributed by atoms with E-state index in [4.69, 9.17) is 4.74 Å². The Bertz CT molecular complexity index is 1280. The summed E-state index contributed by atoms with van der Waals surface area (Å²) in [6.07, 6.45) is 2.17. The zero-order valence-corrected chi connectivity index (χ0v) is 19.9. The predicted molar refractivity (Wildman–Crippen MR) is 123 cm³/mol. The Hall–Kier alpha value is -2.68. The summed E-state index contributed by atoms with van der Waals surface area (Å²) in [6, 6.07) is 10.5. The molecule has 0 spiro atoms. The maximum atomic E-state index is 14.5. The molecule has 1 saturated carbocycles. The summed E-state index contributed by atoms with van der Waals surface area (Å²) in [7, 11) is 0. The Morgan fingerprint density at radius 3 is 2.36 bits per heavy atom. The molecule has 1 saturated heterocycles. The quantitative estimate of drug-likeness (QED) is 0.443. The van der Waals surface area contributed by atoms with Crippen molar-refractivity contribution in [2.45, 2.75) is 63.3 Å². The number of H-pyrrole nitrogens is 1. The first kappa shape index (κ1) is 22.1. The molecule has 6 nitrogen and oxygen atoms in total. The molecule has 3 aromatic rings. The average Bonchev–Trinajstić information content (AvgIpc) is 3.24. The largest absolute Gasteiger partial charge is 0.441 e. The Kier molecular flexibility index (Phi) is 5.34. The number of hydrogen-bond donors (Lipinski definition) is 1. The first-order chi connectivity index (χ1) is 15.7. The molecule has 1 N–H and O–H groups in total. The smallest absolute Gasteiger partial charge is 0.411 e. The summed E-state index contributed by atoms with van der Waals surface area (Å²) >= 11 is 2.88. The molecule has 1 unspecified atom stereocenters. The molecule has 174 valence electrons. The molecular weight excluding hydrogens is 496 g/mol. The Morgan fingerprint density at radius 2 is 1.70 bits per heavy atom. The van der Waals surface area contributed by atoms with Gasteiger partial charge in [-0.3, -0.25) is 9.47 Å². The number of hydrogen-bond acceptors (Lipinski definition) is 3. The van der Waals surface area contributed by atoms with Gasteiger partial charge in [-0.1, -0.05) is 30.3 Å². The second kappa shape index (κ2) is 7.97. The molecule has 1 amide bonds. The van der Waals surface area contributed by atoms with Crippen molar-refractivity contribution in [2.75, 3.05) is 0 Å². The van der Waals surface area contributed by atoms with Gasteiger partial charge in [0.25, 0.3) is 0 Å². The van der Waals surface area contributed by atoms with Crippen LogP contribution in [0.15, 0.2) is 45.7 Å². The van der Waals surface area contributed by atoms with Crippen LogP contribution in [0.4, 0.5) is 13.6 Å². The highest BCUT2D eigenvalue weighted by Gasteiger charge is 2.51. The van der Waals surface area contributed by atoms with E-state index in [1.807, 2.05) is 49.1 Å². The fraction of sp³-hybridized carbons (Fsp3) is 0.417. The molecule has 2 aliphatic rings. The lowest BCUT2D eigenvalue weighted by Crippen LogP contribution is -2.43. The van der Waals surface area contributed by atoms with Crippen LogP contribution in [0, 0.1) is 11.6 Å². The van der Waals surface area contributed by atoms with E-state index in [1.54, 1.807) is 0 Å². The van der Waals surface area contributed by atoms with Crippen LogP contribution < -0.4 is 5.69 Å². The van der Waals surface area contributed by atoms with Crippen LogP contribution in [0.25, 0.3) is 11.0 Å². The lowest BCUT2D eigenvalue weighted by molar-refractivity contribution is 0.0662. The lowest BCUT2D eigenvalue weighted by atomic mass is 9.86. The van der Waals surface area contributed by atoms with Gasteiger partial charge < -0.3 is 9.72 Å². The average molecular weight is 520 g/mol. The number of fused-ring (bicyclic) bond motifs is 1. The van der Waals surface area contributed by atoms with Crippen molar-refractivity contribution in [1.29, 1.82) is 0 Å². The van der Waals surface area contributed by atoms with E-state index in [9.17, 15) is 18.4 Å². The highest BCUT2D eigenvalue weighted by atomic mass is 79.9. The number of cyclic esters (lactones) is 1. The van der Waals surface area contributed by atoms with E-state index in [0.717, 1.165) is 5.56 Å². The van der Waals surface area contributed by atoms with Crippen molar-refractivity contribution in [3.63, 3.8) is 0 Å². The SMILES string of the molecule is CC1(C)OC(=O)N(C2CCC(n3c(=O)[nH]c4c(F)c(Br)c(F)cc43)CC2)C1c1ccccc1. The molecule has 1 aliphatic heterocycles. The minimum atomic E-state index is -0.817. The molecule has 0 bridgehead atoms. The predicted octanol–water partition coefficient (Wildman–Crippen LogP) is 5.83. The van der Waals surface area contributed by atoms with E-state index >= 15 is 0 Å². The van der Waals surface area contributed by atoms with Gasteiger partial charge in [-0.2, -0.15) is 0 Å². The van der Waals surface area contributed by atoms with E-state index in [-0.39, 0.29) is 39.7 Å². The third-order valence-corrected chi connectivity index (χ3v) is 7.62. The minimum Gasteiger partial charge on any atom is -0.441 e. The molecule has 2 aromatic carbocycles. The summed E-state index contributed by atoms with van der Waals surface area (Å²) in [5.74, 6) is -1.57. The molecule has 9 heteroatoms. The summed E-state index contributed by atoms with van der Waals surface area (Å²) in [5.41, 5.74) is 0.0782. The number of amides is 1. The number of halogens is 3. The third-order valence-electron chi connectivity index (χ3n) is 6.89. The van der Waals surface area contributed by atoms with Gasteiger partial charge in [0.1, 0.15) is 16.9 Å². The van der Waals surface area contributed by atoms with E-state index < -0.39 is 22.9 Å². The zero-order chi connectivity index (χ0) is 23.5. The molecule has 2 fully saturated rings. The first-order valence-electron chi connectivity index (χ1n) is 11.0. The van der Waals surface area contributed by atoms with Crippen molar-refractivity contribution in [1.82, 2.24) is 14.5 Å². The molecule has 33 heavy (non-hydrogen) atoms. The molecule has 2 heterocycles. The number of nitrogens with one attached hydrogen (secondary N) is 1. The first-order valence-corrected chi connectivity index (χ1v) is 11.8. The summed E-state index contributed by atoms with van der Waals surface area (Å²) in [4.78, 5) is 29.9. The molecular formula is C24H24BrF2N3O3. The maximum absolute atomic E-state index is 14.5. The topological polar surface area (TPSA) is 67.3 Å². The van der Waals surface area contributed by atoms with Gasteiger partial charge in [0.2, 0.25) is 0 Å². The number of rotatable bonds is 3. The number of carbonyl (C=O) groups is 1. The zero-order valence-electron chi connectivity index (χ0n) is 18.3. The van der Waals surface area contributed by atoms with Crippen LogP contribution in [0.2, 0.25) is 0 Å².